The van der Waals surface area contributed by atoms with Crippen LogP contribution >= 0.6 is 23.2 Å². The predicted octanol–water partition coefficient (Wildman–Crippen LogP) is 2.46. The third kappa shape index (κ3) is 3.79. The van der Waals surface area contributed by atoms with E-state index in [1.54, 1.807) is 28.0 Å². The highest BCUT2D eigenvalue weighted by atomic mass is 35.5. The van der Waals surface area contributed by atoms with E-state index in [4.69, 9.17) is 27.9 Å². The van der Waals surface area contributed by atoms with Gasteiger partial charge in [-0.25, -0.2) is 0 Å². The van der Waals surface area contributed by atoms with Gasteiger partial charge in [-0.15, -0.1) is 0 Å². The number of ether oxygens (including phenoxy) is 1. The van der Waals surface area contributed by atoms with E-state index >= 15 is 0 Å². The fourth-order valence-electron chi connectivity index (χ4n) is 2.97. The fourth-order valence-corrected chi connectivity index (χ4v) is 3.49. The molecule has 1 aromatic carbocycles. The zero-order valence-corrected chi connectivity index (χ0v) is 14.1. The van der Waals surface area contributed by atoms with E-state index in [9.17, 15) is 9.59 Å². The van der Waals surface area contributed by atoms with Crippen molar-refractivity contribution in [2.45, 2.75) is 18.9 Å². The molecule has 2 heterocycles. The van der Waals surface area contributed by atoms with E-state index in [1.807, 2.05) is 0 Å². The Morgan fingerprint density at radius 2 is 1.61 bits per heavy atom. The number of benzene rings is 1. The van der Waals surface area contributed by atoms with Crippen molar-refractivity contribution >= 4 is 35.0 Å². The summed E-state index contributed by atoms with van der Waals surface area (Å²) in [5, 5.41) is 0.876. The van der Waals surface area contributed by atoms with Gasteiger partial charge in [-0.3, -0.25) is 9.59 Å². The Morgan fingerprint density at radius 1 is 1.00 bits per heavy atom. The van der Waals surface area contributed by atoms with E-state index in [1.165, 1.54) is 0 Å². The average molecular weight is 357 g/mol. The van der Waals surface area contributed by atoms with Crippen molar-refractivity contribution in [1.82, 2.24) is 9.80 Å². The van der Waals surface area contributed by atoms with Gasteiger partial charge in [0.1, 0.15) is 6.10 Å². The number of piperazine rings is 1. The molecule has 0 spiro atoms. The molecule has 3 rings (SSSR count). The summed E-state index contributed by atoms with van der Waals surface area (Å²) in [7, 11) is 0. The molecule has 0 unspecified atom stereocenters. The van der Waals surface area contributed by atoms with Crippen molar-refractivity contribution in [3.05, 3.63) is 33.8 Å². The van der Waals surface area contributed by atoms with Crippen LogP contribution in [0.15, 0.2) is 18.2 Å². The van der Waals surface area contributed by atoms with Gasteiger partial charge in [-0.05, 0) is 31.0 Å². The van der Waals surface area contributed by atoms with Gasteiger partial charge in [0.05, 0.1) is 0 Å². The molecular weight excluding hydrogens is 339 g/mol. The Morgan fingerprint density at radius 3 is 2.17 bits per heavy atom. The number of carbonyl (C=O) groups excluding carboxylic acids is 2. The van der Waals surface area contributed by atoms with Gasteiger partial charge in [-0.2, -0.15) is 0 Å². The maximum Gasteiger partial charge on any atom is 0.254 e. The second-order valence-electron chi connectivity index (χ2n) is 5.78. The summed E-state index contributed by atoms with van der Waals surface area (Å²) in [5.74, 6) is -0.0704. The normalized spacial score (nSPS) is 21.6. The van der Waals surface area contributed by atoms with E-state index < -0.39 is 0 Å². The molecule has 2 saturated heterocycles. The van der Waals surface area contributed by atoms with Crippen LogP contribution in [0.3, 0.4) is 0 Å². The first-order valence-corrected chi connectivity index (χ1v) is 8.46. The van der Waals surface area contributed by atoms with Crippen LogP contribution in [-0.4, -0.2) is 60.5 Å². The van der Waals surface area contributed by atoms with Crippen LogP contribution < -0.4 is 0 Å². The highest BCUT2D eigenvalue weighted by molar-refractivity contribution is 6.35. The van der Waals surface area contributed by atoms with Gasteiger partial charge in [0.2, 0.25) is 0 Å². The molecule has 2 amide bonds. The molecule has 0 aromatic heterocycles. The molecule has 124 valence electrons. The quantitative estimate of drug-likeness (QED) is 0.817. The number of hydrogen-bond acceptors (Lipinski definition) is 3. The minimum absolute atomic E-state index is 0.0420. The minimum atomic E-state index is -0.302. The number of hydrogen-bond donors (Lipinski definition) is 0. The number of carbonyl (C=O) groups is 2. The second kappa shape index (κ2) is 7.07. The molecule has 1 aromatic rings. The van der Waals surface area contributed by atoms with Crippen molar-refractivity contribution < 1.29 is 14.3 Å². The molecule has 5 nitrogen and oxygen atoms in total. The van der Waals surface area contributed by atoms with Crippen LogP contribution in [0.1, 0.15) is 23.2 Å². The first-order chi connectivity index (χ1) is 11.0. The van der Waals surface area contributed by atoms with Crippen LogP contribution in [0.25, 0.3) is 0 Å². The Labute approximate surface area is 145 Å². The zero-order valence-electron chi connectivity index (χ0n) is 12.6. The third-order valence-corrected chi connectivity index (χ3v) is 4.63. The Hall–Kier alpha value is -1.30. The molecule has 0 aliphatic carbocycles. The average Bonchev–Trinajstić information content (AvgIpc) is 3.07. The summed E-state index contributed by atoms with van der Waals surface area (Å²) >= 11 is 11.9. The van der Waals surface area contributed by atoms with Gasteiger partial charge in [0.15, 0.2) is 0 Å². The highest BCUT2D eigenvalue weighted by Crippen LogP contribution is 2.21. The van der Waals surface area contributed by atoms with E-state index in [-0.39, 0.29) is 17.9 Å². The van der Waals surface area contributed by atoms with Gasteiger partial charge in [0.25, 0.3) is 11.8 Å². The van der Waals surface area contributed by atoms with E-state index in [2.05, 4.69) is 0 Å². The van der Waals surface area contributed by atoms with Gasteiger partial charge < -0.3 is 14.5 Å². The monoisotopic (exact) mass is 356 g/mol. The standard InChI is InChI=1S/C16H18Cl2N2O3/c17-12-8-11(9-13(18)10-12)15(21)19-3-5-20(6-4-19)16(22)14-2-1-7-23-14/h8-10,14H,1-7H2/t14-/m1/s1. The number of nitrogens with zero attached hydrogens (tertiary/aromatic N) is 2. The molecule has 0 N–H and O–H groups in total. The molecule has 7 heteroatoms. The highest BCUT2D eigenvalue weighted by Gasteiger charge is 2.31. The second-order valence-corrected chi connectivity index (χ2v) is 6.65. The van der Waals surface area contributed by atoms with E-state index in [0.717, 1.165) is 12.8 Å². The molecule has 1 atom stereocenters. The lowest BCUT2D eigenvalue weighted by Crippen LogP contribution is -2.52. The molecule has 23 heavy (non-hydrogen) atoms. The molecule has 2 fully saturated rings. The van der Waals surface area contributed by atoms with Gasteiger partial charge >= 0.3 is 0 Å². The summed E-state index contributed by atoms with van der Waals surface area (Å²) in [5.41, 5.74) is 0.474. The maximum absolute atomic E-state index is 12.5. The predicted molar refractivity (Wildman–Crippen MR) is 87.9 cm³/mol. The lowest BCUT2D eigenvalue weighted by Gasteiger charge is -2.35. The minimum Gasteiger partial charge on any atom is -0.368 e. The summed E-state index contributed by atoms with van der Waals surface area (Å²) in [6.07, 6.45) is 1.42. The molecule has 0 radical (unpaired) electrons. The fraction of sp³-hybridized carbons (Fsp3) is 0.500. The SMILES string of the molecule is O=C(c1cc(Cl)cc(Cl)c1)N1CCN(C(=O)[C@H]2CCCO2)CC1. The topological polar surface area (TPSA) is 49.9 Å². The van der Waals surface area contributed by atoms with Gasteiger partial charge in [-0.1, -0.05) is 23.2 Å². The van der Waals surface area contributed by atoms with E-state index in [0.29, 0.717) is 48.4 Å². The van der Waals surface area contributed by atoms with Crippen LogP contribution in [0.5, 0.6) is 0 Å². The first kappa shape index (κ1) is 16.6. The Balaban J connectivity index is 1.59. The molecule has 0 saturated carbocycles. The zero-order chi connectivity index (χ0) is 16.4. The van der Waals surface area contributed by atoms with Crippen LogP contribution in [0.2, 0.25) is 10.0 Å². The van der Waals surface area contributed by atoms with Crippen molar-refractivity contribution in [1.29, 1.82) is 0 Å². The molecule has 2 aliphatic rings. The number of halogens is 2. The maximum atomic E-state index is 12.5. The smallest absolute Gasteiger partial charge is 0.254 e. The molecule has 0 bridgehead atoms. The first-order valence-electron chi connectivity index (χ1n) is 7.70. The van der Waals surface area contributed by atoms with Crippen LogP contribution in [-0.2, 0) is 9.53 Å². The van der Waals surface area contributed by atoms with Crippen molar-refractivity contribution in [3.8, 4) is 0 Å². The summed E-state index contributed by atoms with van der Waals surface area (Å²) < 4.78 is 5.44. The Kier molecular flexibility index (Phi) is 5.09. The third-order valence-electron chi connectivity index (χ3n) is 4.19. The van der Waals surface area contributed by atoms with Gasteiger partial charge in [0, 0.05) is 48.4 Å². The summed E-state index contributed by atoms with van der Waals surface area (Å²) in [6.45, 7) is 2.71. The van der Waals surface area contributed by atoms with Crippen LogP contribution in [0, 0.1) is 0 Å². The number of rotatable bonds is 2. The lowest BCUT2D eigenvalue weighted by atomic mass is 10.1. The lowest BCUT2D eigenvalue weighted by molar-refractivity contribution is -0.142. The van der Waals surface area contributed by atoms with Crippen molar-refractivity contribution in [2.75, 3.05) is 32.8 Å². The van der Waals surface area contributed by atoms with Crippen LogP contribution in [0.4, 0.5) is 0 Å². The number of amides is 2. The Bertz CT molecular complexity index is 589. The summed E-state index contributed by atoms with van der Waals surface area (Å²) in [6, 6.07) is 4.82. The van der Waals surface area contributed by atoms with Crippen molar-refractivity contribution in [3.63, 3.8) is 0 Å². The van der Waals surface area contributed by atoms with Crippen molar-refractivity contribution in [2.24, 2.45) is 0 Å². The largest absolute Gasteiger partial charge is 0.368 e. The summed E-state index contributed by atoms with van der Waals surface area (Å²) in [4.78, 5) is 28.3. The molecule has 2 aliphatic heterocycles. The molecular formula is C16H18Cl2N2O3.